The largest absolute Gasteiger partial charge is 0.385 e. The Morgan fingerprint density at radius 2 is 1.52 bits per heavy atom. The Balaban J connectivity index is 1.48. The van der Waals surface area contributed by atoms with Crippen LogP contribution in [0.5, 0.6) is 0 Å². The number of rotatable bonds is 5. The zero-order valence-corrected chi connectivity index (χ0v) is 18.4. The van der Waals surface area contributed by atoms with Gasteiger partial charge in [0, 0.05) is 23.0 Å². The van der Waals surface area contributed by atoms with Gasteiger partial charge in [0.05, 0.1) is 18.8 Å². The van der Waals surface area contributed by atoms with Crippen molar-refractivity contribution in [2.24, 2.45) is 11.8 Å². The molecule has 0 spiro atoms. The fourth-order valence-electron chi connectivity index (χ4n) is 4.91. The predicted octanol–water partition coefficient (Wildman–Crippen LogP) is 6.22. The maximum atomic E-state index is 15.0. The minimum atomic E-state index is -1.69. The minimum Gasteiger partial charge on any atom is -0.385 e. The van der Waals surface area contributed by atoms with Gasteiger partial charge in [-0.15, -0.1) is 0 Å². The zero-order valence-electron chi connectivity index (χ0n) is 18.4. The normalized spacial score (nSPS) is 28.2. The van der Waals surface area contributed by atoms with E-state index in [0.29, 0.717) is 44.1 Å². The first-order valence-corrected chi connectivity index (χ1v) is 11.3. The van der Waals surface area contributed by atoms with Crippen molar-refractivity contribution < 1.29 is 36.5 Å². The van der Waals surface area contributed by atoms with Gasteiger partial charge < -0.3 is 14.6 Å². The maximum Gasteiger partial charge on any atom is 0.194 e. The van der Waals surface area contributed by atoms with E-state index in [9.17, 15) is 27.1 Å². The third-order valence-electron chi connectivity index (χ3n) is 6.81. The molecule has 0 unspecified atom stereocenters. The molecule has 1 aliphatic carbocycles. The molecule has 0 atom stereocenters. The standard InChI is InChI=1S/C25H27F5O3/c1-2-3-14-12-32-24(33-13-14)15-6-8-25(31,9-7-15)18-5-4-17(21(28)22(18)29)16-10-19(26)23(30)20(27)11-16/h4-5,10-11,14-15,24,31H,2-3,6-9,12-13H2,1H3. The second kappa shape index (κ2) is 9.68. The van der Waals surface area contributed by atoms with Crippen LogP contribution in [0.2, 0.25) is 0 Å². The molecule has 1 heterocycles. The quantitative estimate of drug-likeness (QED) is 0.417. The highest BCUT2D eigenvalue weighted by Crippen LogP contribution is 2.44. The van der Waals surface area contributed by atoms with Crippen molar-refractivity contribution in [2.75, 3.05) is 13.2 Å². The highest BCUT2D eigenvalue weighted by atomic mass is 19.2. The molecule has 2 aromatic rings. The Bertz CT molecular complexity index is 973. The monoisotopic (exact) mass is 470 g/mol. The zero-order chi connectivity index (χ0) is 23.8. The summed E-state index contributed by atoms with van der Waals surface area (Å²) in [6.07, 6.45) is 3.13. The summed E-state index contributed by atoms with van der Waals surface area (Å²) in [6, 6.07) is 3.57. The molecule has 1 N–H and O–H groups in total. The molecule has 2 aliphatic rings. The molecule has 8 heteroatoms. The van der Waals surface area contributed by atoms with Gasteiger partial charge in [0.15, 0.2) is 35.4 Å². The molecule has 0 bridgehead atoms. The fourth-order valence-corrected chi connectivity index (χ4v) is 4.91. The molecule has 2 fully saturated rings. The Morgan fingerprint density at radius 1 is 0.909 bits per heavy atom. The summed E-state index contributed by atoms with van der Waals surface area (Å²) in [7, 11) is 0. The van der Waals surface area contributed by atoms with Gasteiger partial charge in [0.25, 0.3) is 0 Å². The average Bonchev–Trinajstić information content (AvgIpc) is 2.80. The van der Waals surface area contributed by atoms with Crippen molar-refractivity contribution in [3.63, 3.8) is 0 Å². The van der Waals surface area contributed by atoms with Crippen LogP contribution in [0.1, 0.15) is 51.0 Å². The van der Waals surface area contributed by atoms with Crippen LogP contribution in [0.25, 0.3) is 11.1 Å². The molecular weight excluding hydrogens is 443 g/mol. The van der Waals surface area contributed by atoms with E-state index in [1.54, 1.807) is 0 Å². The highest BCUT2D eigenvalue weighted by Gasteiger charge is 2.41. The van der Waals surface area contributed by atoms with Crippen LogP contribution in [-0.2, 0) is 15.1 Å². The van der Waals surface area contributed by atoms with Gasteiger partial charge in [-0.25, -0.2) is 22.0 Å². The molecule has 4 rings (SSSR count). The molecule has 0 radical (unpaired) electrons. The first kappa shape index (κ1) is 24.1. The van der Waals surface area contributed by atoms with Gasteiger partial charge >= 0.3 is 0 Å². The summed E-state index contributed by atoms with van der Waals surface area (Å²) in [6.45, 7) is 3.37. The Kier molecular flexibility index (Phi) is 7.07. The summed E-state index contributed by atoms with van der Waals surface area (Å²) in [4.78, 5) is 0. The summed E-state index contributed by atoms with van der Waals surface area (Å²) >= 11 is 0. The van der Waals surface area contributed by atoms with Gasteiger partial charge in [-0.3, -0.25) is 0 Å². The third kappa shape index (κ3) is 4.79. The molecule has 1 aliphatic heterocycles. The first-order valence-electron chi connectivity index (χ1n) is 11.3. The van der Waals surface area contributed by atoms with Gasteiger partial charge in [-0.05, 0) is 49.8 Å². The van der Waals surface area contributed by atoms with E-state index >= 15 is 0 Å². The van der Waals surface area contributed by atoms with Crippen LogP contribution in [0.3, 0.4) is 0 Å². The van der Waals surface area contributed by atoms with E-state index in [2.05, 4.69) is 6.92 Å². The van der Waals surface area contributed by atoms with Crippen LogP contribution in [0.4, 0.5) is 22.0 Å². The number of ether oxygens (including phenoxy) is 2. The Morgan fingerprint density at radius 3 is 2.09 bits per heavy atom. The summed E-state index contributed by atoms with van der Waals surface area (Å²) < 4.78 is 81.9. The lowest BCUT2D eigenvalue weighted by atomic mass is 9.74. The predicted molar refractivity (Wildman–Crippen MR) is 112 cm³/mol. The number of hydrogen-bond donors (Lipinski definition) is 1. The Hall–Kier alpha value is -2.03. The number of aliphatic hydroxyl groups is 1. The molecular formula is C25H27F5O3. The van der Waals surface area contributed by atoms with E-state index < -0.39 is 40.3 Å². The molecule has 3 nitrogen and oxygen atoms in total. The lowest BCUT2D eigenvalue weighted by molar-refractivity contribution is -0.234. The molecule has 1 saturated carbocycles. The summed E-state index contributed by atoms with van der Waals surface area (Å²) in [5.74, 6) is -6.90. The van der Waals surface area contributed by atoms with E-state index in [-0.39, 0.29) is 36.2 Å². The van der Waals surface area contributed by atoms with E-state index in [1.165, 1.54) is 6.07 Å². The molecule has 33 heavy (non-hydrogen) atoms. The van der Waals surface area contributed by atoms with Crippen LogP contribution in [0.15, 0.2) is 24.3 Å². The van der Waals surface area contributed by atoms with E-state index in [4.69, 9.17) is 9.47 Å². The second-order valence-electron chi connectivity index (χ2n) is 9.10. The molecule has 1 saturated heterocycles. The van der Waals surface area contributed by atoms with Gasteiger partial charge in [-0.2, -0.15) is 0 Å². The summed E-state index contributed by atoms with van der Waals surface area (Å²) in [5.41, 5.74) is -2.55. The van der Waals surface area contributed by atoms with Crippen molar-refractivity contribution >= 4 is 0 Å². The minimum absolute atomic E-state index is 0.0465. The van der Waals surface area contributed by atoms with Gasteiger partial charge in [0.2, 0.25) is 0 Å². The van der Waals surface area contributed by atoms with Crippen LogP contribution < -0.4 is 0 Å². The Labute approximate surface area is 189 Å². The van der Waals surface area contributed by atoms with Crippen LogP contribution in [0, 0.1) is 40.9 Å². The molecule has 0 amide bonds. The maximum absolute atomic E-state index is 15.0. The van der Waals surface area contributed by atoms with Crippen LogP contribution in [-0.4, -0.2) is 24.6 Å². The SMILES string of the molecule is CCCC1COC(C2CCC(O)(c3ccc(-c4cc(F)c(F)c(F)c4)c(F)c3F)CC2)OC1. The summed E-state index contributed by atoms with van der Waals surface area (Å²) in [5, 5.41) is 11.1. The lowest BCUT2D eigenvalue weighted by Gasteiger charge is -2.41. The second-order valence-corrected chi connectivity index (χ2v) is 9.10. The topological polar surface area (TPSA) is 38.7 Å². The number of halogens is 5. The van der Waals surface area contributed by atoms with Crippen LogP contribution >= 0.6 is 0 Å². The van der Waals surface area contributed by atoms with Crippen molar-refractivity contribution in [3.8, 4) is 11.1 Å². The lowest BCUT2D eigenvalue weighted by Crippen LogP contribution is -2.41. The van der Waals surface area contributed by atoms with E-state index in [0.717, 1.165) is 18.9 Å². The van der Waals surface area contributed by atoms with Crippen molar-refractivity contribution in [1.29, 1.82) is 0 Å². The van der Waals surface area contributed by atoms with Gasteiger partial charge in [-0.1, -0.05) is 25.5 Å². The van der Waals surface area contributed by atoms with Crippen molar-refractivity contribution in [1.82, 2.24) is 0 Å². The average molecular weight is 470 g/mol. The number of benzene rings is 2. The molecule has 180 valence electrons. The molecule has 2 aromatic carbocycles. The van der Waals surface area contributed by atoms with Gasteiger partial charge in [0.1, 0.15) is 0 Å². The smallest absolute Gasteiger partial charge is 0.194 e. The molecule has 0 aromatic heterocycles. The van der Waals surface area contributed by atoms with E-state index in [1.807, 2.05) is 0 Å². The highest BCUT2D eigenvalue weighted by molar-refractivity contribution is 5.65. The first-order chi connectivity index (χ1) is 15.7. The van der Waals surface area contributed by atoms with Crippen molar-refractivity contribution in [3.05, 3.63) is 58.9 Å². The van der Waals surface area contributed by atoms with Crippen molar-refractivity contribution in [2.45, 2.75) is 57.3 Å². The number of hydrogen-bond acceptors (Lipinski definition) is 3. The fraction of sp³-hybridized carbons (Fsp3) is 0.520. The third-order valence-corrected chi connectivity index (χ3v) is 6.81.